The van der Waals surface area contributed by atoms with Gasteiger partial charge in [-0.05, 0) is 27.9 Å². The van der Waals surface area contributed by atoms with Crippen LogP contribution in [0.1, 0.15) is 34.6 Å². The molecule has 0 fully saturated rings. The summed E-state index contributed by atoms with van der Waals surface area (Å²) in [6, 6.07) is 0. The number of carbonyl (C=O) groups is 4. The van der Waals surface area contributed by atoms with Crippen molar-refractivity contribution >= 4 is 23.6 Å². The molecule has 0 heterocycles. The molecule has 0 aromatic heterocycles. The molecule has 0 rings (SSSR count). The zero-order valence-corrected chi connectivity index (χ0v) is 13.4. The minimum absolute atomic E-state index is 0.00463. The number of carbonyl (C=O) groups excluding carboxylic acids is 2. The fourth-order valence-corrected chi connectivity index (χ4v) is 0. The maximum atomic E-state index is 9.70. The highest BCUT2D eigenvalue weighted by Crippen LogP contribution is 1.50. The largest absolute Gasteiger partial charge is 0.481 e. The third kappa shape index (κ3) is 2270000. The van der Waals surface area contributed by atoms with Gasteiger partial charge in [0, 0.05) is 27.8 Å². The third-order valence-corrected chi connectivity index (χ3v) is 0.352. The second-order valence-electron chi connectivity index (χ2n) is 3.20. The Morgan fingerprint density at radius 2 is 0.900 bits per heavy atom. The lowest BCUT2D eigenvalue weighted by Gasteiger charge is -1.80. The van der Waals surface area contributed by atoms with E-state index in [0.29, 0.717) is 0 Å². The summed E-state index contributed by atoms with van der Waals surface area (Å²) in [5.74, 6) is -0.986. The van der Waals surface area contributed by atoms with Crippen LogP contribution in [0.15, 0.2) is 0 Å². The number of carboxylic acid groups (broad SMARTS) is 2. The minimum Gasteiger partial charge on any atom is -0.481 e. The molecule has 0 aliphatic rings. The quantitative estimate of drug-likeness (QED) is 0.507. The molecular formula is C12H28N2O6. The van der Waals surface area contributed by atoms with E-state index < -0.39 is 11.9 Å². The van der Waals surface area contributed by atoms with Gasteiger partial charge in [0.2, 0.25) is 5.91 Å². The SMILES string of the molecule is CC(C)=O.CNC.CNC(C)=O.[2H]OC(C)=O.[2H]OC(C)=O. The fourth-order valence-electron chi connectivity index (χ4n) is 0. The molecule has 0 spiro atoms. The van der Waals surface area contributed by atoms with Gasteiger partial charge in [-0.3, -0.25) is 14.4 Å². The van der Waals surface area contributed by atoms with E-state index in [1.165, 1.54) is 34.6 Å². The Kier molecular flexibility index (Phi) is 35.0. The fraction of sp³-hybridized carbons (Fsp3) is 0.667. The average Bonchev–Trinajstić information content (AvgIpc) is 2.40. The second kappa shape index (κ2) is 30.2. The van der Waals surface area contributed by atoms with E-state index in [1.807, 2.05) is 14.1 Å². The summed E-state index contributed by atoms with van der Waals surface area (Å²) in [5.41, 5.74) is 0. The predicted molar refractivity (Wildman–Crippen MR) is 77.7 cm³/mol. The summed E-state index contributed by atoms with van der Waals surface area (Å²) in [7, 11) is 5.35. The number of nitrogens with one attached hydrogen (secondary N) is 2. The first-order valence-electron chi connectivity index (χ1n) is 6.29. The zero-order chi connectivity index (χ0) is 19.1. The van der Waals surface area contributed by atoms with Gasteiger partial charge in [0.05, 0.1) is 0 Å². The van der Waals surface area contributed by atoms with Crippen LogP contribution in [0.25, 0.3) is 2.86 Å². The van der Waals surface area contributed by atoms with Crippen LogP contribution in [0.2, 0.25) is 0 Å². The van der Waals surface area contributed by atoms with Gasteiger partial charge in [0.15, 0.2) is 0 Å². The molecule has 0 atom stereocenters. The molecule has 0 aliphatic heterocycles. The summed E-state index contributed by atoms with van der Waals surface area (Å²) >= 11 is 0. The van der Waals surface area contributed by atoms with E-state index >= 15 is 0 Å². The summed E-state index contributed by atoms with van der Waals surface area (Å²) in [5, 5.41) is 11.9. The van der Waals surface area contributed by atoms with Crippen LogP contribution in [-0.2, 0) is 19.2 Å². The summed E-state index contributed by atoms with van der Waals surface area (Å²) in [6.45, 7) is 6.88. The number of carboxylic acids is 2. The van der Waals surface area contributed by atoms with Crippen LogP contribution in [0.4, 0.5) is 0 Å². The molecule has 0 aromatic rings. The van der Waals surface area contributed by atoms with Gasteiger partial charge < -0.3 is 25.6 Å². The summed E-state index contributed by atoms with van der Waals surface area (Å²) < 4.78 is 11.6. The van der Waals surface area contributed by atoms with Crippen molar-refractivity contribution in [1.29, 1.82) is 2.86 Å². The standard InChI is InChI=1S/C3H7NO.C3H6O.C2H7N.2C2H4O2/c1-3(5)4-2;1-3(2)4;1-3-2;2*1-2(3)4/h1-2H3,(H,4,5);1-2H3;3H,1-2H3;2*1H3,(H,3,4)/i/hD2. The van der Waals surface area contributed by atoms with E-state index in [9.17, 15) is 19.2 Å². The molecular weight excluding hydrogens is 268 g/mol. The number of Topliss-reactive ketones (excluding diaryl/α,β-unsaturated/α-hetero) is 1. The Morgan fingerprint density at radius 1 is 0.800 bits per heavy atom. The van der Waals surface area contributed by atoms with Gasteiger partial charge in [-0.15, -0.1) is 0 Å². The normalized spacial score (nSPS) is 7.40. The molecule has 0 aromatic carbocycles. The highest BCUT2D eigenvalue weighted by atomic mass is 16.4. The number of ketones is 1. The highest BCUT2D eigenvalue weighted by molar-refractivity contribution is 5.72. The molecule has 0 radical (unpaired) electrons. The summed E-state index contributed by atoms with van der Waals surface area (Å²) in [4.78, 5) is 38.0. The van der Waals surface area contributed by atoms with Crippen LogP contribution < -0.4 is 10.6 Å². The van der Waals surface area contributed by atoms with Crippen molar-refractivity contribution in [1.82, 2.24) is 10.6 Å². The number of aliphatic carboxylic acids is 2. The van der Waals surface area contributed by atoms with E-state index in [1.54, 1.807) is 7.05 Å². The monoisotopic (exact) mass is 298 g/mol. The van der Waals surface area contributed by atoms with Crippen LogP contribution in [0.5, 0.6) is 0 Å². The van der Waals surface area contributed by atoms with Crippen molar-refractivity contribution in [3.63, 3.8) is 0 Å². The van der Waals surface area contributed by atoms with Crippen LogP contribution in [0, 0.1) is 0 Å². The molecule has 0 saturated heterocycles. The zero-order valence-electron chi connectivity index (χ0n) is 15.4. The average molecular weight is 298 g/mol. The highest BCUT2D eigenvalue weighted by Gasteiger charge is 1.72. The molecule has 20 heavy (non-hydrogen) atoms. The maximum absolute atomic E-state index is 9.70. The summed E-state index contributed by atoms with van der Waals surface area (Å²) in [6.07, 6.45) is 0. The van der Waals surface area contributed by atoms with Crippen LogP contribution in [-0.4, -0.2) is 55.0 Å². The van der Waals surface area contributed by atoms with E-state index in [-0.39, 0.29) is 11.7 Å². The predicted octanol–water partition coefficient (Wildman–Crippen LogP) is 0.365. The first-order valence-corrected chi connectivity index (χ1v) is 5.47. The van der Waals surface area contributed by atoms with Crippen LogP contribution in [0.3, 0.4) is 0 Å². The number of amides is 1. The van der Waals surface area contributed by atoms with Gasteiger partial charge in [-0.25, -0.2) is 0 Å². The van der Waals surface area contributed by atoms with Gasteiger partial charge in [0.25, 0.3) is 14.8 Å². The number of hydrogen-bond acceptors (Lipinski definition) is 7. The van der Waals surface area contributed by atoms with Crippen molar-refractivity contribution in [3.8, 4) is 0 Å². The molecule has 122 valence electrons. The smallest absolute Gasteiger partial charge is 0.300 e. The Balaban J connectivity index is -0.0000000554. The van der Waals surface area contributed by atoms with Gasteiger partial charge in [-0.1, -0.05) is 0 Å². The van der Waals surface area contributed by atoms with Crippen molar-refractivity contribution in [2.45, 2.75) is 34.6 Å². The molecule has 8 heteroatoms. The van der Waals surface area contributed by atoms with Gasteiger partial charge in [0.1, 0.15) is 5.78 Å². The lowest BCUT2D eigenvalue weighted by atomic mass is 10.6. The molecule has 0 unspecified atom stereocenters. The Morgan fingerprint density at radius 3 is 0.900 bits per heavy atom. The lowest BCUT2D eigenvalue weighted by Crippen LogP contribution is -2.11. The van der Waals surface area contributed by atoms with E-state index in [4.69, 9.17) is 2.86 Å². The first-order chi connectivity index (χ1) is 9.96. The van der Waals surface area contributed by atoms with E-state index in [2.05, 4.69) is 20.9 Å². The van der Waals surface area contributed by atoms with Crippen molar-refractivity contribution < 1.29 is 29.4 Å². The molecule has 1 amide bonds. The minimum atomic E-state index is -0.579. The first kappa shape index (κ1) is 23.2. The van der Waals surface area contributed by atoms with Crippen molar-refractivity contribution in [2.24, 2.45) is 0 Å². The molecule has 4 N–H and O–H groups in total. The Hall–Kier alpha value is -1.96. The van der Waals surface area contributed by atoms with Gasteiger partial charge in [-0.2, -0.15) is 0 Å². The van der Waals surface area contributed by atoms with E-state index in [0.717, 1.165) is 0 Å². The Bertz CT molecular complexity index is 252. The Labute approximate surface area is 123 Å². The number of hydrogen-bond donors (Lipinski definition) is 4. The molecule has 0 aliphatic carbocycles. The second-order valence-corrected chi connectivity index (χ2v) is 3.20. The molecule has 0 saturated carbocycles. The number of rotatable bonds is 0. The topological polar surface area (TPSA) is 133 Å². The van der Waals surface area contributed by atoms with Crippen molar-refractivity contribution in [2.75, 3.05) is 21.1 Å². The molecule has 0 bridgehead atoms. The maximum Gasteiger partial charge on any atom is 0.300 e. The van der Waals surface area contributed by atoms with Gasteiger partial charge >= 0.3 is 0 Å². The lowest BCUT2D eigenvalue weighted by molar-refractivity contribution is -0.135. The van der Waals surface area contributed by atoms with Crippen molar-refractivity contribution in [3.05, 3.63) is 0 Å². The third-order valence-electron chi connectivity index (χ3n) is 0.352. The molecule has 8 nitrogen and oxygen atoms in total. The van der Waals surface area contributed by atoms with Crippen LogP contribution >= 0.6 is 0 Å².